The van der Waals surface area contributed by atoms with E-state index in [1.54, 1.807) is 10.9 Å². The Morgan fingerprint density at radius 1 is 1.30 bits per heavy atom. The third kappa shape index (κ3) is 3.62. The lowest BCUT2D eigenvalue weighted by molar-refractivity contribution is 0.0642. The Bertz CT molecular complexity index is 631. The molecule has 1 fully saturated rings. The molecule has 1 aliphatic rings. The van der Waals surface area contributed by atoms with Gasteiger partial charge in [0.25, 0.3) is 5.91 Å². The van der Waals surface area contributed by atoms with Gasteiger partial charge in [-0.3, -0.25) is 4.79 Å². The van der Waals surface area contributed by atoms with E-state index in [2.05, 4.69) is 17.3 Å². The van der Waals surface area contributed by atoms with Crippen LogP contribution < -0.4 is 5.32 Å². The molecular weight excluding hydrogens is 288 g/mol. The Hall–Kier alpha value is -2.14. The summed E-state index contributed by atoms with van der Waals surface area (Å²) in [5.41, 5.74) is 1.64. The number of hydrogen-bond acceptors (Lipinski definition) is 3. The molecule has 1 N–H and O–H groups in total. The van der Waals surface area contributed by atoms with Gasteiger partial charge in [0.1, 0.15) is 0 Å². The van der Waals surface area contributed by atoms with Gasteiger partial charge in [-0.1, -0.05) is 25.1 Å². The van der Waals surface area contributed by atoms with Crippen molar-refractivity contribution in [2.24, 2.45) is 0 Å². The third-order valence-corrected chi connectivity index (χ3v) is 4.33. The predicted octanol–water partition coefficient (Wildman–Crippen LogP) is 2.48. The molecule has 122 valence electrons. The number of benzene rings is 1. The monoisotopic (exact) mass is 312 g/mol. The van der Waals surface area contributed by atoms with Gasteiger partial charge < -0.3 is 10.2 Å². The number of carbonyl (C=O) groups is 1. The minimum absolute atomic E-state index is 0.0981. The Morgan fingerprint density at radius 2 is 2.04 bits per heavy atom. The molecule has 23 heavy (non-hydrogen) atoms. The van der Waals surface area contributed by atoms with Crippen LogP contribution >= 0.6 is 0 Å². The van der Waals surface area contributed by atoms with Crippen molar-refractivity contribution in [3.63, 3.8) is 0 Å². The molecule has 1 aromatic carbocycles. The second kappa shape index (κ2) is 7.42. The van der Waals surface area contributed by atoms with E-state index >= 15 is 0 Å². The van der Waals surface area contributed by atoms with E-state index in [0.29, 0.717) is 11.6 Å². The van der Waals surface area contributed by atoms with Gasteiger partial charge in [-0.15, -0.1) is 0 Å². The first-order valence-corrected chi connectivity index (χ1v) is 8.41. The summed E-state index contributed by atoms with van der Waals surface area (Å²) >= 11 is 0. The van der Waals surface area contributed by atoms with Crippen LogP contribution in [0, 0.1) is 0 Å². The van der Waals surface area contributed by atoms with Gasteiger partial charge in [-0.05, 0) is 44.5 Å². The molecule has 2 heterocycles. The number of aromatic nitrogens is 2. The fourth-order valence-corrected chi connectivity index (χ4v) is 3.13. The Kier molecular flexibility index (Phi) is 5.08. The first kappa shape index (κ1) is 15.7. The smallest absolute Gasteiger partial charge is 0.257 e. The van der Waals surface area contributed by atoms with Crippen molar-refractivity contribution < 1.29 is 4.79 Å². The first-order valence-electron chi connectivity index (χ1n) is 8.41. The lowest BCUT2D eigenvalue weighted by atomic mass is 10.0. The van der Waals surface area contributed by atoms with Crippen LogP contribution in [0.25, 0.3) is 5.69 Å². The van der Waals surface area contributed by atoms with Crippen LogP contribution in [-0.4, -0.2) is 46.3 Å². The zero-order valence-electron chi connectivity index (χ0n) is 13.6. The molecule has 1 amide bonds. The number of para-hydroxylation sites is 1. The molecule has 0 atom stereocenters. The first-order chi connectivity index (χ1) is 11.3. The number of rotatable bonds is 5. The SMILES string of the molecule is CCCN(C(=O)c1cnn(-c2ccccc2)c1)C1CCNCC1. The Labute approximate surface area is 137 Å². The zero-order chi connectivity index (χ0) is 16.1. The van der Waals surface area contributed by atoms with Crippen molar-refractivity contribution in [1.29, 1.82) is 0 Å². The molecule has 5 heteroatoms. The summed E-state index contributed by atoms with van der Waals surface area (Å²) in [6.07, 6.45) is 6.54. The van der Waals surface area contributed by atoms with Gasteiger partial charge in [-0.25, -0.2) is 4.68 Å². The van der Waals surface area contributed by atoms with Crippen LogP contribution in [-0.2, 0) is 0 Å². The highest BCUT2D eigenvalue weighted by Crippen LogP contribution is 2.17. The normalized spacial score (nSPS) is 15.5. The van der Waals surface area contributed by atoms with Gasteiger partial charge in [0.05, 0.1) is 17.4 Å². The summed E-state index contributed by atoms with van der Waals surface area (Å²) in [6, 6.07) is 10.2. The number of hydrogen-bond donors (Lipinski definition) is 1. The fourth-order valence-electron chi connectivity index (χ4n) is 3.13. The van der Waals surface area contributed by atoms with E-state index in [0.717, 1.165) is 44.6 Å². The standard InChI is InChI=1S/C18H24N4O/c1-2-12-21(16-8-10-19-11-9-16)18(23)15-13-20-22(14-15)17-6-4-3-5-7-17/h3-7,13-14,16,19H,2,8-12H2,1H3. The molecule has 1 saturated heterocycles. The van der Waals surface area contributed by atoms with E-state index in [4.69, 9.17) is 0 Å². The average molecular weight is 312 g/mol. The minimum atomic E-state index is 0.0981. The Morgan fingerprint density at radius 3 is 2.74 bits per heavy atom. The highest BCUT2D eigenvalue weighted by Gasteiger charge is 2.26. The van der Waals surface area contributed by atoms with Crippen LogP contribution in [0.5, 0.6) is 0 Å². The summed E-state index contributed by atoms with van der Waals surface area (Å²) in [5, 5.41) is 7.71. The lowest BCUT2D eigenvalue weighted by Crippen LogP contribution is -2.46. The van der Waals surface area contributed by atoms with Crippen molar-refractivity contribution in [2.45, 2.75) is 32.2 Å². The zero-order valence-corrected chi connectivity index (χ0v) is 13.6. The van der Waals surface area contributed by atoms with Crippen LogP contribution in [0.2, 0.25) is 0 Å². The van der Waals surface area contributed by atoms with Gasteiger partial charge in [0, 0.05) is 18.8 Å². The molecular formula is C18H24N4O. The summed E-state index contributed by atoms with van der Waals surface area (Å²) in [5.74, 6) is 0.0981. The second-order valence-electron chi connectivity index (χ2n) is 5.99. The summed E-state index contributed by atoms with van der Waals surface area (Å²) in [6.45, 7) is 4.90. The molecule has 2 aromatic rings. The molecule has 1 aromatic heterocycles. The predicted molar refractivity (Wildman–Crippen MR) is 90.8 cm³/mol. The van der Waals surface area contributed by atoms with Gasteiger partial charge in [-0.2, -0.15) is 5.10 Å². The van der Waals surface area contributed by atoms with Crippen molar-refractivity contribution in [3.8, 4) is 5.69 Å². The third-order valence-electron chi connectivity index (χ3n) is 4.33. The van der Waals surface area contributed by atoms with E-state index in [1.165, 1.54) is 0 Å². The topological polar surface area (TPSA) is 50.2 Å². The maximum Gasteiger partial charge on any atom is 0.257 e. The van der Waals surface area contributed by atoms with Crippen molar-refractivity contribution in [2.75, 3.05) is 19.6 Å². The number of piperidine rings is 1. The molecule has 5 nitrogen and oxygen atoms in total. The minimum Gasteiger partial charge on any atom is -0.335 e. The van der Waals surface area contributed by atoms with Gasteiger partial charge in [0.2, 0.25) is 0 Å². The lowest BCUT2D eigenvalue weighted by Gasteiger charge is -2.34. The van der Waals surface area contributed by atoms with E-state index in [-0.39, 0.29) is 5.91 Å². The maximum atomic E-state index is 12.9. The van der Waals surface area contributed by atoms with Crippen LogP contribution in [0.15, 0.2) is 42.7 Å². The largest absolute Gasteiger partial charge is 0.335 e. The van der Waals surface area contributed by atoms with E-state index in [9.17, 15) is 4.79 Å². The van der Waals surface area contributed by atoms with Gasteiger partial charge in [0.15, 0.2) is 0 Å². The van der Waals surface area contributed by atoms with Crippen LogP contribution in [0.3, 0.4) is 0 Å². The molecule has 0 aliphatic carbocycles. The van der Waals surface area contributed by atoms with Crippen LogP contribution in [0.4, 0.5) is 0 Å². The van der Waals surface area contributed by atoms with E-state index < -0.39 is 0 Å². The maximum absolute atomic E-state index is 12.9. The molecule has 0 saturated carbocycles. The quantitative estimate of drug-likeness (QED) is 0.923. The summed E-state index contributed by atoms with van der Waals surface area (Å²) in [4.78, 5) is 15.0. The second-order valence-corrected chi connectivity index (χ2v) is 5.99. The number of nitrogens with zero attached hydrogens (tertiary/aromatic N) is 3. The van der Waals surface area contributed by atoms with Crippen molar-refractivity contribution >= 4 is 5.91 Å². The molecule has 1 aliphatic heterocycles. The number of amides is 1. The van der Waals surface area contributed by atoms with Crippen molar-refractivity contribution in [1.82, 2.24) is 20.0 Å². The number of carbonyl (C=O) groups excluding carboxylic acids is 1. The Balaban J connectivity index is 1.78. The van der Waals surface area contributed by atoms with Gasteiger partial charge >= 0.3 is 0 Å². The highest BCUT2D eigenvalue weighted by molar-refractivity contribution is 5.94. The molecule has 0 spiro atoms. The van der Waals surface area contributed by atoms with Crippen molar-refractivity contribution in [3.05, 3.63) is 48.3 Å². The fraction of sp³-hybridized carbons (Fsp3) is 0.444. The van der Waals surface area contributed by atoms with E-state index in [1.807, 2.05) is 41.4 Å². The number of nitrogens with one attached hydrogen (secondary N) is 1. The highest BCUT2D eigenvalue weighted by atomic mass is 16.2. The summed E-state index contributed by atoms with van der Waals surface area (Å²) in [7, 11) is 0. The molecule has 0 unspecified atom stereocenters. The van der Waals surface area contributed by atoms with Crippen LogP contribution in [0.1, 0.15) is 36.5 Å². The molecule has 3 rings (SSSR count). The molecule has 0 radical (unpaired) electrons. The average Bonchev–Trinajstić information content (AvgIpc) is 3.11. The summed E-state index contributed by atoms with van der Waals surface area (Å²) < 4.78 is 1.76. The molecule has 0 bridgehead atoms.